The van der Waals surface area contributed by atoms with Gasteiger partial charge in [-0.1, -0.05) is 0 Å². The van der Waals surface area contributed by atoms with Gasteiger partial charge in [0.05, 0.1) is 0 Å². The molecule has 3 radical (unpaired) electrons. The maximum absolute atomic E-state index is 2.20. The Balaban J connectivity index is 0. The molecule has 0 bridgehead atoms. The van der Waals surface area contributed by atoms with Gasteiger partial charge in [0.25, 0.3) is 0 Å². The first-order chi connectivity index (χ1) is 1.91. The average Bonchev–Trinajstić information content (AvgIpc) is 1.37. The normalized spacial score (nSPS) is 6.00. The van der Waals surface area contributed by atoms with Crippen molar-refractivity contribution < 1.29 is 0 Å². The van der Waals surface area contributed by atoms with E-state index in [9.17, 15) is 0 Å². The maximum atomic E-state index is 2.20. The summed E-state index contributed by atoms with van der Waals surface area (Å²) in [5, 5.41) is 0. The quantitative estimate of drug-likeness (QED) is 0.508. The van der Waals surface area contributed by atoms with Crippen molar-refractivity contribution in [2.75, 3.05) is 0 Å². The van der Waals surface area contributed by atoms with Crippen molar-refractivity contribution in [2.24, 2.45) is 0 Å². The van der Waals surface area contributed by atoms with Gasteiger partial charge in [0.2, 0.25) is 0 Å². The molecule has 2 heteroatoms. The molecule has 0 saturated heterocycles. The van der Waals surface area contributed by atoms with Crippen molar-refractivity contribution in [3.63, 3.8) is 0 Å². The Hall–Kier alpha value is 1.53. The molecular formula is C3H8ISn. The Labute approximate surface area is 63.8 Å². The predicted octanol–water partition coefficient (Wildman–Crippen LogP) is 1.60. The first-order valence-corrected chi connectivity index (χ1v) is 3.58. The van der Waals surface area contributed by atoms with Crippen LogP contribution in [0.25, 0.3) is 0 Å². The standard InChI is InChI=1S/C3H7.HI.Sn/c1-3-2;;/h1,3H2,2H3;1H;. The Bertz CT molecular complexity index is 8.85. The molecule has 0 aromatic carbocycles. The number of halogens is 1. The van der Waals surface area contributed by atoms with Crippen LogP contribution >= 0.6 is 24.0 Å². The molecule has 31 valence electrons. The molecule has 0 aromatic rings. The molecule has 0 amide bonds. The van der Waals surface area contributed by atoms with E-state index in [1.54, 1.807) is 22.5 Å². The fourth-order valence-corrected chi connectivity index (χ4v) is 0. The minimum atomic E-state index is 0. The number of hydrogen-bond acceptors (Lipinski definition) is 0. The molecule has 0 heterocycles. The third-order valence-electron chi connectivity index (χ3n) is 0.250. The summed E-state index contributed by atoms with van der Waals surface area (Å²) in [7, 11) is 0. The van der Waals surface area contributed by atoms with Gasteiger partial charge in [0, 0.05) is 0 Å². The predicted molar refractivity (Wildman–Crippen MR) is 36.3 cm³/mol. The molecule has 0 saturated carbocycles. The number of rotatable bonds is 1. The fraction of sp³-hybridized carbons (Fsp3) is 1.00. The Morgan fingerprint density at radius 3 is 1.80 bits per heavy atom. The van der Waals surface area contributed by atoms with E-state index < -0.39 is 0 Å². The molecule has 0 atom stereocenters. The summed E-state index contributed by atoms with van der Waals surface area (Å²) in [6, 6.07) is 0. The van der Waals surface area contributed by atoms with Crippen LogP contribution < -0.4 is 0 Å². The van der Waals surface area contributed by atoms with Gasteiger partial charge in [-0.15, -0.1) is 24.0 Å². The summed E-state index contributed by atoms with van der Waals surface area (Å²) in [6.07, 6.45) is 1.36. The van der Waals surface area contributed by atoms with Gasteiger partial charge in [0.1, 0.15) is 0 Å². The van der Waals surface area contributed by atoms with Gasteiger partial charge < -0.3 is 0 Å². The molecule has 0 aliphatic carbocycles. The molecule has 0 N–H and O–H groups in total. The van der Waals surface area contributed by atoms with E-state index in [4.69, 9.17) is 0 Å². The molecule has 0 spiro atoms. The SMILES string of the molecule is CC[CH2][Sn].I. The van der Waals surface area contributed by atoms with Crippen LogP contribution in [0.15, 0.2) is 0 Å². The summed E-state index contributed by atoms with van der Waals surface area (Å²) >= 11 is 1.67. The monoisotopic (exact) mass is 291 g/mol. The van der Waals surface area contributed by atoms with Crippen LogP contribution in [-0.2, 0) is 0 Å². The van der Waals surface area contributed by atoms with Gasteiger partial charge >= 0.3 is 40.3 Å². The largest absolute Gasteiger partial charge is 0.107 e. The average molecular weight is 290 g/mol. The van der Waals surface area contributed by atoms with Crippen molar-refractivity contribution in [1.82, 2.24) is 0 Å². The smallest absolute Gasteiger partial charge is 0.107 e. The van der Waals surface area contributed by atoms with Crippen LogP contribution in [-0.4, -0.2) is 22.5 Å². The Morgan fingerprint density at radius 1 is 1.60 bits per heavy atom. The Kier molecular flexibility index (Phi) is 17.7. The molecule has 0 nitrogen and oxygen atoms in total. The van der Waals surface area contributed by atoms with Gasteiger partial charge in [-0.3, -0.25) is 0 Å². The second-order valence-corrected chi connectivity index (χ2v) is 2.18. The van der Waals surface area contributed by atoms with Crippen molar-refractivity contribution in [3.8, 4) is 0 Å². The van der Waals surface area contributed by atoms with Gasteiger partial charge in [-0.2, -0.15) is 0 Å². The molecular weight excluding hydrogens is 282 g/mol. The van der Waals surface area contributed by atoms with Crippen molar-refractivity contribution in [2.45, 2.75) is 17.8 Å². The zero-order valence-electron chi connectivity index (χ0n) is 3.32. The van der Waals surface area contributed by atoms with E-state index in [2.05, 4.69) is 6.92 Å². The van der Waals surface area contributed by atoms with Crippen molar-refractivity contribution >= 4 is 46.5 Å². The van der Waals surface area contributed by atoms with E-state index in [0.29, 0.717) is 0 Å². The van der Waals surface area contributed by atoms with Crippen LogP contribution in [0.4, 0.5) is 0 Å². The minimum absolute atomic E-state index is 0. The van der Waals surface area contributed by atoms with Crippen LogP contribution in [0.5, 0.6) is 0 Å². The summed E-state index contributed by atoms with van der Waals surface area (Å²) in [6.45, 7) is 2.20. The van der Waals surface area contributed by atoms with E-state index in [-0.39, 0.29) is 24.0 Å². The maximum Gasteiger partial charge on any atom is -0.107 e. The first-order valence-electron chi connectivity index (χ1n) is 1.56. The number of hydrogen-bond donors (Lipinski definition) is 0. The van der Waals surface area contributed by atoms with Crippen LogP contribution in [0.1, 0.15) is 13.3 Å². The molecule has 0 rings (SSSR count). The van der Waals surface area contributed by atoms with Gasteiger partial charge in [0.15, 0.2) is 0 Å². The molecule has 0 aliphatic rings. The van der Waals surface area contributed by atoms with E-state index in [1.807, 2.05) is 0 Å². The molecule has 0 aliphatic heterocycles. The fourth-order valence-electron chi connectivity index (χ4n) is 0. The van der Waals surface area contributed by atoms with Crippen molar-refractivity contribution in [1.29, 1.82) is 0 Å². The van der Waals surface area contributed by atoms with Crippen molar-refractivity contribution in [3.05, 3.63) is 0 Å². The van der Waals surface area contributed by atoms with E-state index in [1.165, 1.54) is 10.9 Å². The zero-order valence-corrected chi connectivity index (χ0v) is 8.51. The van der Waals surface area contributed by atoms with Gasteiger partial charge in [-0.05, 0) is 0 Å². The zero-order chi connectivity index (χ0) is 3.41. The van der Waals surface area contributed by atoms with E-state index >= 15 is 0 Å². The van der Waals surface area contributed by atoms with Gasteiger partial charge in [-0.25, -0.2) is 0 Å². The Morgan fingerprint density at radius 2 is 1.80 bits per heavy atom. The summed E-state index contributed by atoms with van der Waals surface area (Å²) in [4.78, 5) is 0. The van der Waals surface area contributed by atoms with Crippen LogP contribution in [0.3, 0.4) is 0 Å². The summed E-state index contributed by atoms with van der Waals surface area (Å²) in [5.41, 5.74) is 0. The molecule has 0 aromatic heterocycles. The van der Waals surface area contributed by atoms with Crippen LogP contribution in [0, 0.1) is 0 Å². The minimum Gasteiger partial charge on any atom is -0.107 e. The third kappa shape index (κ3) is 10.8. The second kappa shape index (κ2) is 9.11. The first kappa shape index (κ1) is 9.73. The molecule has 5 heavy (non-hydrogen) atoms. The van der Waals surface area contributed by atoms with E-state index in [0.717, 1.165) is 0 Å². The second-order valence-electron chi connectivity index (χ2n) is 0.750. The molecule has 0 unspecified atom stereocenters. The van der Waals surface area contributed by atoms with Crippen LogP contribution in [0.2, 0.25) is 4.44 Å². The topological polar surface area (TPSA) is 0 Å². The summed E-state index contributed by atoms with van der Waals surface area (Å²) < 4.78 is 1.41. The summed E-state index contributed by atoms with van der Waals surface area (Å²) in [5.74, 6) is 0. The molecule has 0 fully saturated rings. The third-order valence-corrected chi connectivity index (χ3v) is 1.68.